The molecule has 3 heteroatoms. The quantitative estimate of drug-likeness (QED) is 0.932. The summed E-state index contributed by atoms with van der Waals surface area (Å²) in [5.74, 6) is 3.35. The fraction of sp³-hybridized carbons (Fsp3) is 0.556. The van der Waals surface area contributed by atoms with Gasteiger partial charge < -0.3 is 14.6 Å². The summed E-state index contributed by atoms with van der Waals surface area (Å²) < 4.78 is 5.42. The number of nitrogens with one attached hydrogen (secondary N) is 1. The summed E-state index contributed by atoms with van der Waals surface area (Å²) in [7, 11) is 6.23. The Morgan fingerprint density at radius 3 is 2.76 bits per heavy atom. The van der Waals surface area contributed by atoms with Gasteiger partial charge in [0.15, 0.2) is 0 Å². The van der Waals surface area contributed by atoms with Gasteiger partial charge in [0.05, 0.1) is 7.11 Å². The van der Waals surface area contributed by atoms with E-state index in [0.717, 1.165) is 17.6 Å². The number of ether oxygens (including phenoxy) is 1. The molecule has 1 aromatic heterocycles. The number of benzene rings is 1. The van der Waals surface area contributed by atoms with E-state index >= 15 is 0 Å². The fourth-order valence-corrected chi connectivity index (χ4v) is 4.97. The van der Waals surface area contributed by atoms with Gasteiger partial charge in [0.1, 0.15) is 5.75 Å². The Morgan fingerprint density at radius 1 is 1.19 bits per heavy atom. The van der Waals surface area contributed by atoms with Crippen molar-refractivity contribution in [2.45, 2.75) is 31.2 Å². The number of H-pyrrole nitrogens is 1. The third-order valence-corrected chi connectivity index (χ3v) is 5.75. The van der Waals surface area contributed by atoms with Gasteiger partial charge in [0, 0.05) is 29.1 Å². The van der Waals surface area contributed by atoms with Crippen molar-refractivity contribution in [2.24, 2.45) is 11.8 Å². The van der Waals surface area contributed by atoms with E-state index in [1.165, 1.54) is 35.7 Å². The van der Waals surface area contributed by atoms with Crippen LogP contribution in [0, 0.1) is 11.8 Å². The predicted octanol–water partition coefficient (Wildman–Crippen LogP) is 3.62. The lowest BCUT2D eigenvalue weighted by atomic mass is 9.79. The van der Waals surface area contributed by atoms with Gasteiger partial charge in [-0.2, -0.15) is 0 Å². The average Bonchev–Trinajstić information content (AvgIpc) is 3.19. The minimum absolute atomic E-state index is 0.666. The Labute approximate surface area is 126 Å². The largest absolute Gasteiger partial charge is 0.497 e. The number of rotatable bonds is 3. The van der Waals surface area contributed by atoms with Gasteiger partial charge >= 0.3 is 0 Å². The summed E-state index contributed by atoms with van der Waals surface area (Å²) in [5, 5.41) is 1.35. The van der Waals surface area contributed by atoms with Crippen molar-refractivity contribution in [1.29, 1.82) is 0 Å². The maximum absolute atomic E-state index is 5.42. The Hall–Kier alpha value is -1.48. The normalized spacial score (nSPS) is 31.4. The molecule has 0 saturated heterocycles. The first-order chi connectivity index (χ1) is 10.2. The minimum atomic E-state index is 0.666. The van der Waals surface area contributed by atoms with Crippen LogP contribution in [-0.4, -0.2) is 37.1 Å². The first kappa shape index (κ1) is 13.2. The molecule has 4 rings (SSSR count). The highest BCUT2D eigenvalue weighted by molar-refractivity contribution is 5.85. The van der Waals surface area contributed by atoms with Crippen LogP contribution in [0.25, 0.3) is 10.9 Å². The lowest BCUT2D eigenvalue weighted by Crippen LogP contribution is -2.38. The monoisotopic (exact) mass is 284 g/mol. The molecule has 0 aliphatic heterocycles. The number of hydrogen-bond acceptors (Lipinski definition) is 2. The molecule has 0 radical (unpaired) electrons. The van der Waals surface area contributed by atoms with Crippen molar-refractivity contribution in [3.8, 4) is 5.75 Å². The molecule has 2 aromatic rings. The predicted molar refractivity (Wildman–Crippen MR) is 85.9 cm³/mol. The topological polar surface area (TPSA) is 28.3 Å². The van der Waals surface area contributed by atoms with Crippen molar-refractivity contribution in [2.75, 3.05) is 21.2 Å². The lowest BCUT2D eigenvalue weighted by Gasteiger charge is -2.35. The highest BCUT2D eigenvalue weighted by atomic mass is 16.5. The second kappa shape index (κ2) is 4.77. The average molecular weight is 284 g/mol. The maximum Gasteiger partial charge on any atom is 0.119 e. The number of aromatic amines is 1. The van der Waals surface area contributed by atoms with E-state index in [1.54, 1.807) is 7.11 Å². The van der Waals surface area contributed by atoms with Crippen LogP contribution in [0.1, 0.15) is 30.7 Å². The smallest absolute Gasteiger partial charge is 0.119 e. The zero-order chi connectivity index (χ0) is 14.6. The second-order valence-corrected chi connectivity index (χ2v) is 6.97. The van der Waals surface area contributed by atoms with Crippen molar-refractivity contribution >= 4 is 10.9 Å². The van der Waals surface area contributed by atoms with Crippen LogP contribution in [0.4, 0.5) is 0 Å². The van der Waals surface area contributed by atoms with Crippen molar-refractivity contribution in [1.82, 2.24) is 9.88 Å². The van der Waals surface area contributed by atoms with Gasteiger partial charge in [0.25, 0.3) is 0 Å². The van der Waals surface area contributed by atoms with Crippen LogP contribution in [0.3, 0.4) is 0 Å². The van der Waals surface area contributed by atoms with Crippen LogP contribution in [-0.2, 0) is 0 Å². The summed E-state index contributed by atoms with van der Waals surface area (Å²) in [6.07, 6.45) is 6.46. The first-order valence-electron chi connectivity index (χ1n) is 8.00. The van der Waals surface area contributed by atoms with Crippen LogP contribution < -0.4 is 4.74 Å². The van der Waals surface area contributed by atoms with E-state index in [0.29, 0.717) is 12.0 Å². The molecule has 1 aromatic carbocycles. The van der Waals surface area contributed by atoms with E-state index in [1.807, 2.05) is 6.07 Å². The fourth-order valence-electron chi connectivity index (χ4n) is 4.97. The number of fused-ring (bicyclic) bond motifs is 3. The van der Waals surface area contributed by atoms with Crippen LogP contribution >= 0.6 is 0 Å². The Kier molecular flexibility index (Phi) is 3.00. The molecule has 0 spiro atoms. The molecule has 3 nitrogen and oxygen atoms in total. The molecule has 2 fully saturated rings. The molecule has 1 N–H and O–H groups in total. The summed E-state index contributed by atoms with van der Waals surface area (Å²) in [6, 6.07) is 7.05. The number of aromatic nitrogens is 1. The Balaban J connectivity index is 1.82. The zero-order valence-electron chi connectivity index (χ0n) is 13.1. The maximum atomic E-state index is 5.42. The summed E-state index contributed by atoms with van der Waals surface area (Å²) in [6.45, 7) is 0. The second-order valence-electron chi connectivity index (χ2n) is 6.97. The Morgan fingerprint density at radius 2 is 2.00 bits per heavy atom. The van der Waals surface area contributed by atoms with Crippen molar-refractivity contribution < 1.29 is 4.74 Å². The summed E-state index contributed by atoms with van der Waals surface area (Å²) >= 11 is 0. The third-order valence-electron chi connectivity index (χ3n) is 5.75. The van der Waals surface area contributed by atoms with Gasteiger partial charge in [-0.1, -0.05) is 0 Å². The number of hydrogen-bond donors (Lipinski definition) is 1. The van der Waals surface area contributed by atoms with Crippen LogP contribution in [0.2, 0.25) is 0 Å². The van der Waals surface area contributed by atoms with Crippen molar-refractivity contribution in [3.63, 3.8) is 0 Å². The molecule has 0 amide bonds. The molecule has 4 atom stereocenters. The molecule has 112 valence electrons. The zero-order valence-corrected chi connectivity index (χ0v) is 13.1. The van der Waals surface area contributed by atoms with Gasteiger partial charge in [-0.25, -0.2) is 0 Å². The molecule has 1 heterocycles. The molecule has 2 bridgehead atoms. The van der Waals surface area contributed by atoms with E-state index < -0.39 is 0 Å². The highest BCUT2D eigenvalue weighted by Crippen LogP contribution is 2.55. The van der Waals surface area contributed by atoms with Crippen LogP contribution in [0.5, 0.6) is 5.75 Å². The minimum Gasteiger partial charge on any atom is -0.497 e. The molecule has 2 aliphatic carbocycles. The molecule has 2 aliphatic rings. The number of likely N-dealkylation sites (N-methyl/N-ethyl adjacent to an activating group) is 1. The first-order valence-corrected chi connectivity index (χ1v) is 8.00. The third kappa shape index (κ3) is 1.90. The van der Waals surface area contributed by atoms with E-state index in [4.69, 9.17) is 4.74 Å². The van der Waals surface area contributed by atoms with E-state index in [2.05, 4.69) is 42.3 Å². The molecular weight excluding hydrogens is 260 g/mol. The van der Waals surface area contributed by atoms with Gasteiger partial charge in [0.2, 0.25) is 0 Å². The van der Waals surface area contributed by atoms with Gasteiger partial charge in [-0.05, 0) is 69.0 Å². The standard InChI is InChI=1S/C18H24N2O/c1-20(2)18-12-5-4-11(8-12)17(18)15-10-19-16-7-6-13(21-3)9-14(15)16/h6-7,9-12,17-19H,4-5,8H2,1-3H3/t11-,12+,17-,18+/m0/s1. The molecule has 21 heavy (non-hydrogen) atoms. The van der Waals surface area contributed by atoms with E-state index in [9.17, 15) is 0 Å². The summed E-state index contributed by atoms with van der Waals surface area (Å²) in [5.41, 5.74) is 2.72. The van der Waals surface area contributed by atoms with E-state index in [-0.39, 0.29) is 0 Å². The summed E-state index contributed by atoms with van der Waals surface area (Å²) in [4.78, 5) is 5.91. The molecule has 0 unspecified atom stereocenters. The van der Waals surface area contributed by atoms with Gasteiger partial charge in [-0.15, -0.1) is 0 Å². The number of nitrogens with zero attached hydrogens (tertiary/aromatic N) is 1. The highest BCUT2D eigenvalue weighted by Gasteiger charge is 2.49. The van der Waals surface area contributed by atoms with Crippen LogP contribution in [0.15, 0.2) is 24.4 Å². The Bertz CT molecular complexity index is 660. The number of methoxy groups -OCH3 is 1. The van der Waals surface area contributed by atoms with Gasteiger partial charge in [-0.3, -0.25) is 0 Å². The lowest BCUT2D eigenvalue weighted by molar-refractivity contribution is 0.186. The SMILES string of the molecule is COc1ccc2[nH]cc([C@@H]3[C@H]4CC[C@H](C4)[C@H]3N(C)C)c2c1. The van der Waals surface area contributed by atoms with Crippen molar-refractivity contribution in [3.05, 3.63) is 30.0 Å². The molecular formula is C18H24N2O. The molecule has 2 saturated carbocycles.